The van der Waals surface area contributed by atoms with Gasteiger partial charge in [0, 0.05) is 17.5 Å². The highest BCUT2D eigenvalue weighted by atomic mass is 16.3. The summed E-state index contributed by atoms with van der Waals surface area (Å²) in [5.74, 6) is 0. The van der Waals surface area contributed by atoms with Crippen LogP contribution >= 0.6 is 0 Å². The van der Waals surface area contributed by atoms with Crippen LogP contribution in [0.3, 0.4) is 0 Å². The lowest BCUT2D eigenvalue weighted by Gasteiger charge is -2.14. The maximum atomic E-state index is 9.98. The van der Waals surface area contributed by atoms with E-state index >= 15 is 0 Å². The smallest absolute Gasteiger partial charge is 0.134 e. The Kier molecular flexibility index (Phi) is 2.75. The number of hydrogen-bond donors (Lipinski definition) is 1. The highest BCUT2D eigenvalue weighted by Gasteiger charge is 2.14. The molecule has 0 aliphatic heterocycles. The number of furan rings is 1. The summed E-state index contributed by atoms with van der Waals surface area (Å²) in [5.41, 5.74) is 1.68. The maximum absolute atomic E-state index is 9.98. The molecule has 3 heteroatoms. The molecule has 2 rings (SSSR count). The first kappa shape index (κ1) is 10.2. The van der Waals surface area contributed by atoms with Crippen molar-refractivity contribution in [3.05, 3.63) is 36.1 Å². The summed E-state index contributed by atoms with van der Waals surface area (Å²) in [7, 11) is 3.87. The van der Waals surface area contributed by atoms with E-state index in [-0.39, 0.29) is 0 Å². The lowest BCUT2D eigenvalue weighted by atomic mass is 10.1. The molecule has 0 aliphatic carbocycles. The number of aliphatic hydroxyl groups is 1. The van der Waals surface area contributed by atoms with Crippen LogP contribution in [0.1, 0.15) is 11.7 Å². The molecule has 2 aromatic rings. The molecule has 0 saturated heterocycles. The molecule has 0 saturated carbocycles. The van der Waals surface area contributed by atoms with Crippen LogP contribution in [-0.4, -0.2) is 30.6 Å². The first-order valence-electron chi connectivity index (χ1n) is 4.97. The number of likely N-dealkylation sites (N-methyl/N-ethyl adjacent to an activating group) is 1. The van der Waals surface area contributed by atoms with Crippen LogP contribution in [0.2, 0.25) is 0 Å². The van der Waals surface area contributed by atoms with Gasteiger partial charge in [0.2, 0.25) is 0 Å². The van der Waals surface area contributed by atoms with Crippen molar-refractivity contribution in [1.29, 1.82) is 0 Å². The van der Waals surface area contributed by atoms with Crippen molar-refractivity contribution in [3.8, 4) is 0 Å². The normalized spacial score (nSPS) is 13.6. The van der Waals surface area contributed by atoms with Crippen molar-refractivity contribution in [2.24, 2.45) is 0 Å². The number of para-hydroxylation sites is 1. The second-order valence-electron chi connectivity index (χ2n) is 3.97. The standard InChI is InChI=1S/C12H15NO2/c1-13(2)7-11(14)10-8-15-12-6-4-3-5-9(10)12/h3-6,8,11,14H,7H2,1-2H3. The minimum atomic E-state index is -0.497. The zero-order chi connectivity index (χ0) is 10.8. The first-order chi connectivity index (χ1) is 7.18. The fourth-order valence-electron chi connectivity index (χ4n) is 1.70. The Balaban J connectivity index is 2.35. The predicted molar refractivity (Wildman–Crippen MR) is 59.7 cm³/mol. The van der Waals surface area contributed by atoms with Crippen LogP contribution < -0.4 is 0 Å². The molecule has 1 N–H and O–H groups in total. The molecule has 0 bridgehead atoms. The molecule has 80 valence electrons. The summed E-state index contributed by atoms with van der Waals surface area (Å²) in [6.07, 6.45) is 1.14. The van der Waals surface area contributed by atoms with Gasteiger partial charge in [0.25, 0.3) is 0 Å². The van der Waals surface area contributed by atoms with E-state index in [1.54, 1.807) is 6.26 Å². The van der Waals surface area contributed by atoms with Crippen LogP contribution in [0.4, 0.5) is 0 Å². The quantitative estimate of drug-likeness (QED) is 0.833. The van der Waals surface area contributed by atoms with Crippen molar-refractivity contribution in [2.75, 3.05) is 20.6 Å². The second kappa shape index (κ2) is 4.04. The van der Waals surface area contributed by atoms with E-state index in [2.05, 4.69) is 0 Å². The fraction of sp³-hybridized carbons (Fsp3) is 0.333. The number of benzene rings is 1. The summed E-state index contributed by atoms with van der Waals surface area (Å²) < 4.78 is 5.37. The minimum absolute atomic E-state index is 0.497. The van der Waals surface area contributed by atoms with Crippen LogP contribution in [-0.2, 0) is 0 Å². The van der Waals surface area contributed by atoms with Crippen molar-refractivity contribution < 1.29 is 9.52 Å². The molecular weight excluding hydrogens is 190 g/mol. The Morgan fingerprint density at radius 2 is 2.07 bits per heavy atom. The second-order valence-corrected chi connectivity index (χ2v) is 3.97. The summed E-state index contributed by atoms with van der Waals surface area (Å²) in [6.45, 7) is 0.601. The SMILES string of the molecule is CN(C)CC(O)c1coc2ccccc12. The number of fused-ring (bicyclic) bond motifs is 1. The van der Waals surface area contributed by atoms with E-state index in [1.807, 2.05) is 43.3 Å². The maximum Gasteiger partial charge on any atom is 0.134 e. The average Bonchev–Trinajstić information content (AvgIpc) is 2.59. The van der Waals surface area contributed by atoms with Gasteiger partial charge in [0.05, 0.1) is 12.4 Å². The fourth-order valence-corrected chi connectivity index (χ4v) is 1.70. The molecule has 15 heavy (non-hydrogen) atoms. The minimum Gasteiger partial charge on any atom is -0.464 e. The molecule has 0 fully saturated rings. The Hall–Kier alpha value is -1.32. The van der Waals surface area contributed by atoms with Gasteiger partial charge in [-0.1, -0.05) is 18.2 Å². The van der Waals surface area contributed by atoms with Gasteiger partial charge in [-0.05, 0) is 20.2 Å². The van der Waals surface area contributed by atoms with E-state index < -0.39 is 6.10 Å². The van der Waals surface area contributed by atoms with Gasteiger partial charge in [-0.3, -0.25) is 0 Å². The third kappa shape index (κ3) is 2.03. The van der Waals surface area contributed by atoms with Gasteiger partial charge >= 0.3 is 0 Å². The Labute approximate surface area is 88.9 Å². The highest BCUT2D eigenvalue weighted by molar-refractivity contribution is 5.81. The molecule has 0 aliphatic rings. The molecule has 3 nitrogen and oxygen atoms in total. The third-order valence-electron chi connectivity index (χ3n) is 2.41. The van der Waals surface area contributed by atoms with Crippen molar-refractivity contribution in [3.63, 3.8) is 0 Å². The average molecular weight is 205 g/mol. The lowest BCUT2D eigenvalue weighted by molar-refractivity contribution is 0.139. The third-order valence-corrected chi connectivity index (χ3v) is 2.41. The highest BCUT2D eigenvalue weighted by Crippen LogP contribution is 2.26. The monoisotopic (exact) mass is 205 g/mol. The number of nitrogens with zero attached hydrogens (tertiary/aromatic N) is 1. The van der Waals surface area contributed by atoms with Gasteiger partial charge in [0.1, 0.15) is 5.58 Å². The van der Waals surface area contributed by atoms with Gasteiger partial charge < -0.3 is 14.4 Å². The van der Waals surface area contributed by atoms with Crippen LogP contribution in [0.5, 0.6) is 0 Å². The molecule has 0 radical (unpaired) electrons. The van der Waals surface area contributed by atoms with E-state index in [9.17, 15) is 5.11 Å². The van der Waals surface area contributed by atoms with E-state index in [4.69, 9.17) is 4.42 Å². The van der Waals surface area contributed by atoms with Crippen molar-refractivity contribution >= 4 is 11.0 Å². The number of rotatable bonds is 3. The van der Waals surface area contributed by atoms with Gasteiger partial charge in [-0.2, -0.15) is 0 Å². The molecule has 0 spiro atoms. The predicted octanol–water partition coefficient (Wildman–Crippen LogP) is 2.03. The van der Waals surface area contributed by atoms with Crippen LogP contribution in [0.15, 0.2) is 34.9 Å². The topological polar surface area (TPSA) is 36.6 Å². The summed E-state index contributed by atoms with van der Waals surface area (Å²) in [6, 6.07) is 7.74. The zero-order valence-electron chi connectivity index (χ0n) is 8.97. The Bertz CT molecular complexity index is 448. The van der Waals surface area contributed by atoms with E-state index in [1.165, 1.54) is 0 Å². The molecule has 0 amide bonds. The molecular formula is C12H15NO2. The largest absolute Gasteiger partial charge is 0.464 e. The summed E-state index contributed by atoms with van der Waals surface area (Å²) >= 11 is 0. The van der Waals surface area contributed by atoms with E-state index in [0.29, 0.717) is 6.54 Å². The molecule has 1 aromatic carbocycles. The van der Waals surface area contributed by atoms with Crippen molar-refractivity contribution in [2.45, 2.75) is 6.10 Å². The summed E-state index contributed by atoms with van der Waals surface area (Å²) in [5, 5.41) is 11.0. The number of hydrogen-bond acceptors (Lipinski definition) is 3. The van der Waals surface area contributed by atoms with Gasteiger partial charge in [-0.15, -0.1) is 0 Å². The zero-order valence-corrected chi connectivity index (χ0v) is 8.97. The van der Waals surface area contributed by atoms with Gasteiger partial charge in [-0.25, -0.2) is 0 Å². The van der Waals surface area contributed by atoms with Crippen LogP contribution in [0, 0.1) is 0 Å². The Morgan fingerprint density at radius 3 is 2.80 bits per heavy atom. The van der Waals surface area contributed by atoms with Crippen LogP contribution in [0.25, 0.3) is 11.0 Å². The first-order valence-corrected chi connectivity index (χ1v) is 4.97. The number of aliphatic hydroxyl groups excluding tert-OH is 1. The van der Waals surface area contributed by atoms with E-state index in [0.717, 1.165) is 16.5 Å². The summed E-state index contributed by atoms with van der Waals surface area (Å²) in [4.78, 5) is 1.95. The van der Waals surface area contributed by atoms with Crippen molar-refractivity contribution in [1.82, 2.24) is 4.90 Å². The molecule has 1 heterocycles. The Morgan fingerprint density at radius 1 is 1.33 bits per heavy atom. The van der Waals surface area contributed by atoms with Gasteiger partial charge in [0.15, 0.2) is 0 Å². The molecule has 1 atom stereocenters. The lowest BCUT2D eigenvalue weighted by Crippen LogP contribution is -2.19. The molecule has 1 aromatic heterocycles. The molecule has 1 unspecified atom stereocenters.